The van der Waals surface area contributed by atoms with Gasteiger partial charge in [0.15, 0.2) is 5.78 Å². The van der Waals surface area contributed by atoms with Crippen molar-refractivity contribution >= 4 is 11.9 Å². The Morgan fingerprint density at radius 3 is 2.55 bits per heavy atom. The van der Waals surface area contributed by atoms with Crippen molar-refractivity contribution in [1.82, 2.24) is 14.8 Å². The normalized spacial score (nSPS) is 11.1. The van der Waals surface area contributed by atoms with Crippen LogP contribution in [0.25, 0.3) is 17.3 Å². The Morgan fingerprint density at radius 2 is 1.79 bits per heavy atom. The largest absolute Gasteiger partial charge is 0.289 e. The summed E-state index contributed by atoms with van der Waals surface area (Å²) in [6.07, 6.45) is 8.35. The first kappa shape index (κ1) is 18.5. The lowest BCUT2D eigenvalue weighted by molar-refractivity contribution is 0.104. The molecule has 4 aromatic rings. The molecule has 2 aromatic carbocycles. The molecule has 0 aliphatic rings. The van der Waals surface area contributed by atoms with Gasteiger partial charge in [-0.25, -0.2) is 4.39 Å². The Hall–Kier alpha value is -3.86. The zero-order valence-corrected chi connectivity index (χ0v) is 15.6. The van der Waals surface area contributed by atoms with Gasteiger partial charge >= 0.3 is 0 Å². The van der Waals surface area contributed by atoms with Crippen molar-refractivity contribution in [2.75, 3.05) is 0 Å². The van der Waals surface area contributed by atoms with Crippen LogP contribution in [0, 0.1) is 5.82 Å². The molecule has 4 nitrogen and oxygen atoms in total. The molecule has 2 heterocycles. The number of aromatic nitrogens is 3. The molecule has 0 aliphatic carbocycles. The van der Waals surface area contributed by atoms with Crippen LogP contribution in [0.1, 0.15) is 21.5 Å². The van der Waals surface area contributed by atoms with E-state index in [2.05, 4.69) is 10.1 Å². The zero-order valence-electron chi connectivity index (χ0n) is 15.6. The van der Waals surface area contributed by atoms with Crippen molar-refractivity contribution < 1.29 is 9.18 Å². The Bertz CT molecular complexity index is 1150. The van der Waals surface area contributed by atoms with Crippen LogP contribution in [0.2, 0.25) is 0 Å². The van der Waals surface area contributed by atoms with Gasteiger partial charge in [-0.05, 0) is 42.0 Å². The van der Waals surface area contributed by atoms with Crippen LogP contribution in [0.15, 0.2) is 91.4 Å². The van der Waals surface area contributed by atoms with Crippen LogP contribution >= 0.6 is 0 Å². The summed E-state index contributed by atoms with van der Waals surface area (Å²) in [6, 6.07) is 19.7. The number of carbonyl (C=O) groups is 1. The highest BCUT2D eigenvalue weighted by atomic mass is 19.1. The molecule has 4 rings (SSSR count). The van der Waals surface area contributed by atoms with E-state index in [1.54, 1.807) is 30.6 Å². The molecule has 0 fully saturated rings. The molecule has 0 aliphatic heterocycles. The van der Waals surface area contributed by atoms with Crippen molar-refractivity contribution in [1.29, 1.82) is 0 Å². The number of rotatable bonds is 6. The molecular weight excluding hydrogens is 365 g/mol. The highest BCUT2D eigenvalue weighted by Crippen LogP contribution is 2.23. The maximum absolute atomic E-state index is 13.9. The fourth-order valence-corrected chi connectivity index (χ4v) is 3.05. The summed E-state index contributed by atoms with van der Waals surface area (Å²) >= 11 is 0. The average Bonchev–Trinajstić information content (AvgIpc) is 3.16. The Kier molecular flexibility index (Phi) is 5.38. The SMILES string of the molecule is O=C(/C=C/c1cn(Cc2ccccc2)nc1-c1cccnc1)c1ccccc1F. The van der Waals surface area contributed by atoms with E-state index in [0.717, 1.165) is 16.7 Å². The number of carbonyl (C=O) groups excluding carboxylic acids is 1. The van der Waals surface area contributed by atoms with E-state index in [1.165, 1.54) is 18.2 Å². The summed E-state index contributed by atoms with van der Waals surface area (Å²) in [4.78, 5) is 16.6. The standard InChI is InChI=1S/C24H18FN3O/c25-22-11-5-4-10-21(22)23(29)13-12-20-17-28(16-18-7-2-1-3-8-18)27-24(20)19-9-6-14-26-15-19/h1-15,17H,16H2/b13-12+. The number of hydrogen-bond acceptors (Lipinski definition) is 3. The van der Waals surface area contributed by atoms with E-state index in [-0.39, 0.29) is 5.56 Å². The van der Waals surface area contributed by atoms with Gasteiger partial charge < -0.3 is 0 Å². The molecule has 142 valence electrons. The van der Waals surface area contributed by atoms with E-state index in [0.29, 0.717) is 12.2 Å². The third-order valence-electron chi connectivity index (χ3n) is 4.47. The fourth-order valence-electron chi connectivity index (χ4n) is 3.05. The first-order valence-corrected chi connectivity index (χ1v) is 9.19. The molecular formula is C24H18FN3O. The minimum absolute atomic E-state index is 0.0448. The number of allylic oxidation sites excluding steroid dienone is 1. The molecule has 0 saturated carbocycles. The van der Waals surface area contributed by atoms with Crippen LogP contribution in [0.5, 0.6) is 0 Å². The molecule has 0 saturated heterocycles. The first-order chi connectivity index (χ1) is 14.2. The van der Waals surface area contributed by atoms with Crippen molar-refractivity contribution in [3.8, 4) is 11.3 Å². The van der Waals surface area contributed by atoms with Gasteiger partial charge in [-0.15, -0.1) is 0 Å². The lowest BCUT2D eigenvalue weighted by atomic mass is 10.1. The summed E-state index contributed by atoms with van der Waals surface area (Å²) in [6.45, 7) is 0.600. The average molecular weight is 383 g/mol. The second-order valence-electron chi connectivity index (χ2n) is 6.54. The first-order valence-electron chi connectivity index (χ1n) is 9.19. The smallest absolute Gasteiger partial charge is 0.188 e. The molecule has 0 spiro atoms. The van der Waals surface area contributed by atoms with Crippen LogP contribution in [0.4, 0.5) is 4.39 Å². The van der Waals surface area contributed by atoms with Crippen LogP contribution in [0.3, 0.4) is 0 Å². The number of hydrogen-bond donors (Lipinski definition) is 0. The summed E-state index contributed by atoms with van der Waals surface area (Å²) < 4.78 is 15.7. The van der Waals surface area contributed by atoms with Gasteiger partial charge in [0.25, 0.3) is 0 Å². The van der Waals surface area contributed by atoms with E-state index < -0.39 is 11.6 Å². The highest BCUT2D eigenvalue weighted by molar-refractivity contribution is 6.07. The lowest BCUT2D eigenvalue weighted by Gasteiger charge is -2.01. The van der Waals surface area contributed by atoms with Crippen molar-refractivity contribution in [2.45, 2.75) is 6.54 Å². The van der Waals surface area contributed by atoms with E-state index in [4.69, 9.17) is 0 Å². The van der Waals surface area contributed by atoms with Crippen molar-refractivity contribution in [2.24, 2.45) is 0 Å². The van der Waals surface area contributed by atoms with Gasteiger partial charge in [0.1, 0.15) is 11.5 Å². The van der Waals surface area contributed by atoms with Gasteiger partial charge in [0, 0.05) is 29.7 Å². The van der Waals surface area contributed by atoms with Crippen LogP contribution < -0.4 is 0 Å². The second kappa shape index (κ2) is 8.44. The summed E-state index contributed by atoms with van der Waals surface area (Å²) in [7, 11) is 0. The predicted octanol–water partition coefficient (Wildman–Crippen LogP) is 5.03. The highest BCUT2D eigenvalue weighted by Gasteiger charge is 2.12. The number of ketones is 1. The Labute approximate surface area is 168 Å². The molecule has 0 bridgehead atoms. The lowest BCUT2D eigenvalue weighted by Crippen LogP contribution is -2.00. The Balaban J connectivity index is 1.67. The van der Waals surface area contributed by atoms with Gasteiger partial charge in [0.2, 0.25) is 0 Å². The van der Waals surface area contributed by atoms with Gasteiger partial charge in [-0.2, -0.15) is 5.10 Å². The monoisotopic (exact) mass is 383 g/mol. The minimum Gasteiger partial charge on any atom is -0.289 e. The molecule has 2 aromatic heterocycles. The van der Waals surface area contributed by atoms with E-state index in [1.807, 2.05) is 53.3 Å². The van der Waals surface area contributed by atoms with Crippen molar-refractivity contribution in [3.05, 3.63) is 114 Å². The van der Waals surface area contributed by atoms with Gasteiger partial charge in [-0.1, -0.05) is 42.5 Å². The fraction of sp³-hybridized carbons (Fsp3) is 0.0417. The van der Waals surface area contributed by atoms with Gasteiger partial charge in [-0.3, -0.25) is 14.5 Å². The van der Waals surface area contributed by atoms with Crippen molar-refractivity contribution in [3.63, 3.8) is 0 Å². The molecule has 0 atom stereocenters. The topological polar surface area (TPSA) is 47.8 Å². The number of nitrogens with zero attached hydrogens (tertiary/aromatic N) is 3. The Morgan fingerprint density at radius 1 is 1.00 bits per heavy atom. The third kappa shape index (κ3) is 4.35. The van der Waals surface area contributed by atoms with Gasteiger partial charge in [0.05, 0.1) is 12.1 Å². The maximum atomic E-state index is 13.9. The summed E-state index contributed by atoms with van der Waals surface area (Å²) in [5, 5.41) is 4.68. The number of halogens is 1. The van der Waals surface area contributed by atoms with E-state index in [9.17, 15) is 9.18 Å². The molecule has 0 N–H and O–H groups in total. The summed E-state index contributed by atoms with van der Waals surface area (Å²) in [5.41, 5.74) is 3.48. The third-order valence-corrected chi connectivity index (χ3v) is 4.47. The quantitative estimate of drug-likeness (QED) is 0.347. The second-order valence-corrected chi connectivity index (χ2v) is 6.54. The van der Waals surface area contributed by atoms with Crippen LogP contribution in [-0.2, 0) is 6.54 Å². The predicted molar refractivity (Wildman–Crippen MR) is 111 cm³/mol. The molecule has 29 heavy (non-hydrogen) atoms. The molecule has 0 radical (unpaired) electrons. The molecule has 5 heteroatoms. The maximum Gasteiger partial charge on any atom is 0.188 e. The van der Waals surface area contributed by atoms with Crippen LogP contribution in [-0.4, -0.2) is 20.5 Å². The minimum atomic E-state index is -0.533. The number of benzene rings is 2. The molecule has 0 amide bonds. The molecule has 0 unspecified atom stereocenters. The van der Waals surface area contributed by atoms with E-state index >= 15 is 0 Å². The number of pyridine rings is 1. The zero-order chi connectivity index (χ0) is 20.1. The summed E-state index contributed by atoms with van der Waals surface area (Å²) in [5.74, 6) is -0.926.